The molecule has 1 aliphatic carbocycles. The number of methoxy groups -OCH3 is 1. The number of ether oxygens (including phenoxy) is 1. The Morgan fingerprint density at radius 1 is 1.15 bits per heavy atom. The second-order valence-corrected chi connectivity index (χ2v) is 8.69. The van der Waals surface area contributed by atoms with Crippen molar-refractivity contribution in [1.29, 1.82) is 0 Å². The van der Waals surface area contributed by atoms with Gasteiger partial charge in [-0.1, -0.05) is 22.4 Å². The quantitative estimate of drug-likeness (QED) is 0.713. The highest BCUT2D eigenvalue weighted by Gasteiger charge is 2.26. The van der Waals surface area contributed by atoms with E-state index in [4.69, 9.17) is 4.74 Å². The van der Waals surface area contributed by atoms with Crippen molar-refractivity contribution in [3.8, 4) is 5.75 Å². The zero-order chi connectivity index (χ0) is 18.7. The molecule has 3 rings (SSSR count). The van der Waals surface area contributed by atoms with Gasteiger partial charge < -0.3 is 10.1 Å². The van der Waals surface area contributed by atoms with Gasteiger partial charge in [0.25, 0.3) is 10.0 Å². The van der Waals surface area contributed by atoms with Crippen molar-refractivity contribution in [2.75, 3.05) is 17.1 Å². The number of sulfonamides is 1. The third-order valence-electron chi connectivity index (χ3n) is 4.31. The number of benzene rings is 2. The molecule has 0 heterocycles. The maximum Gasteiger partial charge on any atom is 0.261 e. The van der Waals surface area contributed by atoms with E-state index in [9.17, 15) is 13.2 Å². The van der Waals surface area contributed by atoms with Crippen molar-refractivity contribution in [2.24, 2.45) is 5.92 Å². The Hall–Kier alpha value is -2.06. The molecule has 0 saturated heterocycles. The Balaban J connectivity index is 1.85. The van der Waals surface area contributed by atoms with Gasteiger partial charge in [0.05, 0.1) is 17.7 Å². The monoisotopic (exact) mass is 438 g/mol. The summed E-state index contributed by atoms with van der Waals surface area (Å²) in [5.74, 6) is 0.297. The molecule has 2 N–H and O–H groups in total. The molecule has 138 valence electrons. The maximum absolute atomic E-state index is 12.6. The standard InChI is InChI=1S/C18H19BrN2O4S/c1-25-17-10-9-15(11-16(17)20-18(22)12-3-2-4-12)26(23,24)21-14-7-5-13(19)6-8-14/h5-12,21H,2-4H2,1H3,(H,20,22). The first-order valence-electron chi connectivity index (χ1n) is 8.16. The van der Waals surface area contributed by atoms with E-state index in [2.05, 4.69) is 26.0 Å². The first kappa shape index (κ1) is 18.7. The molecule has 1 fully saturated rings. The molecule has 0 bridgehead atoms. The lowest BCUT2D eigenvalue weighted by Crippen LogP contribution is -2.28. The molecule has 0 aliphatic heterocycles. The molecule has 8 heteroatoms. The normalized spacial score (nSPS) is 14.4. The largest absolute Gasteiger partial charge is 0.495 e. The predicted octanol–water partition coefficient (Wildman–Crippen LogP) is 4.00. The number of hydrogen-bond donors (Lipinski definition) is 2. The molecular formula is C18H19BrN2O4S. The van der Waals surface area contributed by atoms with E-state index in [1.165, 1.54) is 25.3 Å². The Bertz CT molecular complexity index is 909. The molecular weight excluding hydrogens is 420 g/mol. The number of hydrogen-bond acceptors (Lipinski definition) is 4. The predicted molar refractivity (Wildman–Crippen MR) is 104 cm³/mol. The van der Waals surface area contributed by atoms with E-state index in [-0.39, 0.29) is 16.7 Å². The van der Waals surface area contributed by atoms with Gasteiger partial charge in [-0.25, -0.2) is 8.42 Å². The fraction of sp³-hybridized carbons (Fsp3) is 0.278. The number of nitrogens with one attached hydrogen (secondary N) is 2. The van der Waals surface area contributed by atoms with Crippen LogP contribution >= 0.6 is 15.9 Å². The van der Waals surface area contributed by atoms with Crippen molar-refractivity contribution >= 4 is 43.2 Å². The molecule has 2 aromatic rings. The van der Waals surface area contributed by atoms with Crippen LogP contribution in [-0.2, 0) is 14.8 Å². The lowest BCUT2D eigenvalue weighted by Gasteiger charge is -2.24. The van der Waals surface area contributed by atoms with Gasteiger partial charge >= 0.3 is 0 Å². The zero-order valence-electron chi connectivity index (χ0n) is 14.2. The Labute approximate surface area is 161 Å². The van der Waals surface area contributed by atoms with Gasteiger partial charge in [-0.05, 0) is 55.3 Å². The minimum Gasteiger partial charge on any atom is -0.495 e. The number of rotatable bonds is 6. The molecule has 26 heavy (non-hydrogen) atoms. The summed E-state index contributed by atoms with van der Waals surface area (Å²) in [5, 5.41) is 2.78. The summed E-state index contributed by atoms with van der Waals surface area (Å²) < 4.78 is 33.9. The van der Waals surface area contributed by atoms with Crippen LogP contribution in [0.2, 0.25) is 0 Å². The van der Waals surface area contributed by atoms with Crippen LogP contribution < -0.4 is 14.8 Å². The van der Waals surface area contributed by atoms with Crippen molar-refractivity contribution < 1.29 is 17.9 Å². The van der Waals surface area contributed by atoms with Crippen molar-refractivity contribution in [3.63, 3.8) is 0 Å². The maximum atomic E-state index is 12.6. The van der Waals surface area contributed by atoms with E-state index in [1.54, 1.807) is 24.3 Å². The topological polar surface area (TPSA) is 84.5 Å². The highest BCUT2D eigenvalue weighted by Crippen LogP contribution is 2.32. The highest BCUT2D eigenvalue weighted by molar-refractivity contribution is 9.10. The van der Waals surface area contributed by atoms with Crippen LogP contribution in [0.5, 0.6) is 5.75 Å². The average Bonchev–Trinajstić information content (AvgIpc) is 2.55. The fourth-order valence-electron chi connectivity index (χ4n) is 2.59. The highest BCUT2D eigenvalue weighted by atomic mass is 79.9. The Morgan fingerprint density at radius 3 is 2.42 bits per heavy atom. The minimum atomic E-state index is -3.79. The molecule has 0 unspecified atom stereocenters. The van der Waals surface area contributed by atoms with Crippen LogP contribution in [-0.4, -0.2) is 21.4 Å². The summed E-state index contributed by atoms with van der Waals surface area (Å²) in [6, 6.07) is 11.2. The van der Waals surface area contributed by atoms with Gasteiger partial charge in [0.15, 0.2) is 0 Å². The van der Waals surface area contributed by atoms with Gasteiger partial charge in [-0.3, -0.25) is 9.52 Å². The Kier molecular flexibility index (Phi) is 5.52. The minimum absolute atomic E-state index is 0.0131. The van der Waals surface area contributed by atoms with Crippen molar-refractivity contribution in [3.05, 3.63) is 46.9 Å². The molecule has 6 nitrogen and oxygen atoms in total. The van der Waals surface area contributed by atoms with Crippen LogP contribution in [0.3, 0.4) is 0 Å². The number of amides is 1. The van der Waals surface area contributed by atoms with E-state index in [0.717, 1.165) is 23.7 Å². The first-order valence-corrected chi connectivity index (χ1v) is 10.4. The van der Waals surface area contributed by atoms with Crippen LogP contribution in [0.25, 0.3) is 0 Å². The van der Waals surface area contributed by atoms with E-state index < -0.39 is 10.0 Å². The molecule has 0 atom stereocenters. The van der Waals surface area contributed by atoms with Crippen LogP contribution in [0.15, 0.2) is 51.8 Å². The number of anilines is 2. The number of carbonyl (C=O) groups is 1. The van der Waals surface area contributed by atoms with Gasteiger partial charge in [-0.15, -0.1) is 0 Å². The lowest BCUT2D eigenvalue weighted by atomic mass is 9.85. The van der Waals surface area contributed by atoms with Crippen LogP contribution in [0, 0.1) is 5.92 Å². The molecule has 1 aliphatic rings. The summed E-state index contributed by atoms with van der Waals surface area (Å²) >= 11 is 3.31. The fourth-order valence-corrected chi connectivity index (χ4v) is 3.94. The third-order valence-corrected chi connectivity index (χ3v) is 6.22. The van der Waals surface area contributed by atoms with E-state index in [0.29, 0.717) is 17.1 Å². The molecule has 0 radical (unpaired) electrons. The smallest absolute Gasteiger partial charge is 0.261 e. The zero-order valence-corrected chi connectivity index (χ0v) is 16.6. The van der Waals surface area contributed by atoms with Crippen molar-refractivity contribution in [2.45, 2.75) is 24.2 Å². The van der Waals surface area contributed by atoms with E-state index in [1.807, 2.05) is 0 Å². The van der Waals surface area contributed by atoms with Crippen molar-refractivity contribution in [1.82, 2.24) is 0 Å². The number of carbonyl (C=O) groups excluding carboxylic acids is 1. The Morgan fingerprint density at radius 2 is 1.85 bits per heavy atom. The van der Waals surface area contributed by atoms with E-state index >= 15 is 0 Å². The van der Waals surface area contributed by atoms with Crippen LogP contribution in [0.1, 0.15) is 19.3 Å². The molecule has 1 saturated carbocycles. The second-order valence-electron chi connectivity index (χ2n) is 6.09. The second kappa shape index (κ2) is 7.67. The average molecular weight is 439 g/mol. The summed E-state index contributed by atoms with van der Waals surface area (Å²) in [4.78, 5) is 12.3. The summed E-state index contributed by atoms with van der Waals surface area (Å²) in [6.45, 7) is 0. The summed E-state index contributed by atoms with van der Waals surface area (Å²) in [6.07, 6.45) is 2.76. The first-order chi connectivity index (χ1) is 12.4. The molecule has 0 spiro atoms. The SMILES string of the molecule is COc1ccc(S(=O)(=O)Nc2ccc(Br)cc2)cc1NC(=O)C1CCC1. The third kappa shape index (κ3) is 4.19. The molecule has 1 amide bonds. The van der Waals surface area contributed by atoms with Gasteiger partial charge in [-0.2, -0.15) is 0 Å². The lowest BCUT2D eigenvalue weighted by molar-refractivity contribution is -0.122. The molecule has 2 aromatic carbocycles. The number of halogens is 1. The van der Waals surface area contributed by atoms with Gasteiger partial charge in [0, 0.05) is 16.1 Å². The molecule has 0 aromatic heterocycles. The van der Waals surface area contributed by atoms with Crippen LogP contribution in [0.4, 0.5) is 11.4 Å². The summed E-state index contributed by atoms with van der Waals surface area (Å²) in [7, 11) is -2.32. The van der Waals surface area contributed by atoms with Gasteiger partial charge in [0.1, 0.15) is 5.75 Å². The van der Waals surface area contributed by atoms with Gasteiger partial charge in [0.2, 0.25) is 5.91 Å². The summed E-state index contributed by atoms with van der Waals surface area (Å²) in [5.41, 5.74) is 0.798.